The smallest absolute Gasteiger partial charge is 0.147 e. The minimum absolute atomic E-state index is 0.373. The molecular formula is C35H66O3. The van der Waals surface area contributed by atoms with Gasteiger partial charge in [0.1, 0.15) is 6.79 Å². The van der Waals surface area contributed by atoms with Crippen molar-refractivity contribution in [2.24, 2.45) is 17.8 Å². The first-order valence-corrected chi connectivity index (χ1v) is 17.6. The molecule has 3 fully saturated rings. The fourth-order valence-corrected chi connectivity index (χ4v) is 7.71. The molecule has 3 heteroatoms. The van der Waals surface area contributed by atoms with E-state index < -0.39 is 0 Å². The van der Waals surface area contributed by atoms with Crippen molar-refractivity contribution in [2.75, 3.05) is 6.79 Å². The lowest BCUT2D eigenvalue weighted by Gasteiger charge is -2.38. The van der Waals surface area contributed by atoms with Gasteiger partial charge in [-0.3, -0.25) is 0 Å². The SMILES string of the molecule is CCCCCCCCC1CCC(C2CCC(OCOC3CCC(OC(C)CCCCCC)CC3)CC2)CC1. The predicted octanol–water partition coefficient (Wildman–Crippen LogP) is 10.8. The monoisotopic (exact) mass is 535 g/mol. The van der Waals surface area contributed by atoms with Crippen LogP contribution >= 0.6 is 0 Å². The van der Waals surface area contributed by atoms with Gasteiger partial charge < -0.3 is 14.2 Å². The molecule has 1 atom stereocenters. The first-order chi connectivity index (χ1) is 18.7. The average molecular weight is 535 g/mol. The lowest BCUT2D eigenvalue weighted by Crippen LogP contribution is -2.31. The zero-order valence-electron chi connectivity index (χ0n) is 25.9. The summed E-state index contributed by atoms with van der Waals surface area (Å²) in [6, 6.07) is 0. The Hall–Kier alpha value is -0.120. The van der Waals surface area contributed by atoms with Crippen molar-refractivity contribution in [3.63, 3.8) is 0 Å². The fraction of sp³-hybridized carbons (Fsp3) is 1.00. The Bertz CT molecular complexity index is 541. The van der Waals surface area contributed by atoms with E-state index in [1.165, 1.54) is 128 Å². The maximum atomic E-state index is 6.33. The third kappa shape index (κ3) is 13.0. The predicted molar refractivity (Wildman–Crippen MR) is 162 cm³/mol. The minimum Gasteiger partial charge on any atom is -0.375 e. The minimum atomic E-state index is 0.373. The highest BCUT2D eigenvalue weighted by molar-refractivity contribution is 4.82. The largest absolute Gasteiger partial charge is 0.375 e. The molecule has 0 heterocycles. The topological polar surface area (TPSA) is 27.7 Å². The summed E-state index contributed by atoms with van der Waals surface area (Å²) in [6.45, 7) is 7.36. The van der Waals surface area contributed by atoms with Gasteiger partial charge in [-0.05, 0) is 95.3 Å². The van der Waals surface area contributed by atoms with Gasteiger partial charge >= 0.3 is 0 Å². The molecule has 38 heavy (non-hydrogen) atoms. The molecule has 0 amide bonds. The Morgan fingerprint density at radius 1 is 0.526 bits per heavy atom. The highest BCUT2D eigenvalue weighted by Crippen LogP contribution is 2.41. The number of unbranched alkanes of at least 4 members (excludes halogenated alkanes) is 8. The summed E-state index contributed by atoms with van der Waals surface area (Å²) < 4.78 is 18.7. The van der Waals surface area contributed by atoms with E-state index in [2.05, 4.69) is 20.8 Å². The Balaban J connectivity index is 1.16. The van der Waals surface area contributed by atoms with E-state index in [0.29, 0.717) is 31.2 Å². The molecule has 3 saturated carbocycles. The quantitative estimate of drug-likeness (QED) is 0.122. The molecule has 0 saturated heterocycles. The second-order valence-corrected chi connectivity index (χ2v) is 13.5. The van der Waals surface area contributed by atoms with Gasteiger partial charge in [-0.15, -0.1) is 0 Å². The lowest BCUT2D eigenvalue weighted by atomic mass is 9.70. The summed E-state index contributed by atoms with van der Waals surface area (Å²) in [5, 5.41) is 0. The van der Waals surface area contributed by atoms with Gasteiger partial charge in [0.05, 0.1) is 24.4 Å². The molecule has 3 aliphatic carbocycles. The molecule has 3 rings (SSSR count). The molecule has 3 aliphatic rings. The zero-order valence-corrected chi connectivity index (χ0v) is 25.9. The van der Waals surface area contributed by atoms with Crippen LogP contribution in [0, 0.1) is 17.8 Å². The lowest BCUT2D eigenvalue weighted by molar-refractivity contribution is -0.143. The van der Waals surface area contributed by atoms with Crippen LogP contribution < -0.4 is 0 Å². The van der Waals surface area contributed by atoms with Crippen LogP contribution in [0.2, 0.25) is 0 Å². The van der Waals surface area contributed by atoms with E-state index in [1.54, 1.807) is 0 Å². The summed E-state index contributed by atoms with van der Waals surface area (Å²) in [5.74, 6) is 3.01. The Labute approximate surface area is 237 Å². The van der Waals surface area contributed by atoms with E-state index in [-0.39, 0.29) is 0 Å². The molecule has 224 valence electrons. The molecule has 0 aromatic carbocycles. The Kier molecular flexibility index (Phi) is 16.9. The maximum Gasteiger partial charge on any atom is 0.147 e. The molecule has 0 aliphatic heterocycles. The van der Waals surface area contributed by atoms with E-state index in [4.69, 9.17) is 14.2 Å². The van der Waals surface area contributed by atoms with Crippen molar-refractivity contribution in [3.8, 4) is 0 Å². The van der Waals surface area contributed by atoms with Crippen LogP contribution in [0.3, 0.4) is 0 Å². The van der Waals surface area contributed by atoms with Gasteiger partial charge in [0, 0.05) is 0 Å². The molecule has 0 aromatic heterocycles. The van der Waals surface area contributed by atoms with Crippen LogP contribution in [0.25, 0.3) is 0 Å². The van der Waals surface area contributed by atoms with Crippen LogP contribution in [-0.4, -0.2) is 31.2 Å². The average Bonchev–Trinajstić information content (AvgIpc) is 2.95. The van der Waals surface area contributed by atoms with Gasteiger partial charge in [0.2, 0.25) is 0 Å². The second-order valence-electron chi connectivity index (χ2n) is 13.5. The standard InChI is InChI=1S/C35H66O3/c1-4-6-8-10-11-13-15-30-16-18-31(19-17-30)32-20-22-33(23-21-32)36-28-37-34-24-26-35(27-25-34)38-29(3)14-12-9-7-5-2/h29-35H,4-28H2,1-3H3. The highest BCUT2D eigenvalue weighted by Gasteiger charge is 2.31. The normalized spacial score (nSPS) is 31.3. The van der Waals surface area contributed by atoms with Gasteiger partial charge in [-0.25, -0.2) is 0 Å². The first-order valence-electron chi connectivity index (χ1n) is 17.6. The van der Waals surface area contributed by atoms with E-state index in [1.807, 2.05) is 0 Å². The summed E-state index contributed by atoms with van der Waals surface area (Å²) in [4.78, 5) is 0. The fourth-order valence-electron chi connectivity index (χ4n) is 7.71. The van der Waals surface area contributed by atoms with Gasteiger partial charge in [0.15, 0.2) is 0 Å². The van der Waals surface area contributed by atoms with Crippen molar-refractivity contribution in [3.05, 3.63) is 0 Å². The molecule has 0 N–H and O–H groups in total. The molecule has 3 nitrogen and oxygen atoms in total. The van der Waals surface area contributed by atoms with Crippen LogP contribution in [0.15, 0.2) is 0 Å². The Morgan fingerprint density at radius 3 is 1.61 bits per heavy atom. The molecule has 0 spiro atoms. The van der Waals surface area contributed by atoms with Crippen molar-refractivity contribution in [2.45, 2.75) is 199 Å². The summed E-state index contributed by atoms with van der Waals surface area (Å²) in [5.41, 5.74) is 0. The summed E-state index contributed by atoms with van der Waals surface area (Å²) in [6.07, 6.45) is 34.3. The van der Waals surface area contributed by atoms with E-state index >= 15 is 0 Å². The maximum absolute atomic E-state index is 6.33. The third-order valence-corrected chi connectivity index (χ3v) is 10.4. The van der Waals surface area contributed by atoms with Gasteiger partial charge in [-0.1, -0.05) is 97.3 Å². The van der Waals surface area contributed by atoms with Gasteiger partial charge in [-0.2, -0.15) is 0 Å². The van der Waals surface area contributed by atoms with Crippen molar-refractivity contribution < 1.29 is 14.2 Å². The zero-order chi connectivity index (χ0) is 26.8. The van der Waals surface area contributed by atoms with Crippen LogP contribution in [-0.2, 0) is 14.2 Å². The van der Waals surface area contributed by atoms with Crippen LogP contribution in [0.5, 0.6) is 0 Å². The van der Waals surface area contributed by atoms with Crippen molar-refractivity contribution in [1.29, 1.82) is 0 Å². The van der Waals surface area contributed by atoms with Crippen LogP contribution in [0.4, 0.5) is 0 Å². The molecule has 0 aromatic rings. The molecule has 0 radical (unpaired) electrons. The number of rotatable bonds is 19. The van der Waals surface area contributed by atoms with Crippen molar-refractivity contribution >= 4 is 0 Å². The summed E-state index contributed by atoms with van der Waals surface area (Å²) >= 11 is 0. The number of hydrogen-bond donors (Lipinski definition) is 0. The number of hydrogen-bond acceptors (Lipinski definition) is 3. The van der Waals surface area contributed by atoms with Crippen LogP contribution in [0.1, 0.15) is 175 Å². The third-order valence-electron chi connectivity index (χ3n) is 10.4. The highest BCUT2D eigenvalue weighted by atomic mass is 16.7. The Morgan fingerprint density at radius 2 is 1.00 bits per heavy atom. The summed E-state index contributed by atoms with van der Waals surface area (Å²) in [7, 11) is 0. The second kappa shape index (κ2) is 19.9. The number of ether oxygens (including phenoxy) is 3. The van der Waals surface area contributed by atoms with Crippen molar-refractivity contribution in [1.82, 2.24) is 0 Å². The molecule has 0 bridgehead atoms. The van der Waals surface area contributed by atoms with Gasteiger partial charge in [0.25, 0.3) is 0 Å². The van der Waals surface area contributed by atoms with E-state index in [9.17, 15) is 0 Å². The van der Waals surface area contributed by atoms with E-state index in [0.717, 1.165) is 43.4 Å². The molecule has 1 unspecified atom stereocenters. The molecular weight excluding hydrogens is 468 g/mol. The first kappa shape index (κ1) is 32.4.